The van der Waals surface area contributed by atoms with Gasteiger partial charge in [0.25, 0.3) is 0 Å². The highest BCUT2D eigenvalue weighted by atomic mass is 127. The fourth-order valence-electron chi connectivity index (χ4n) is 1.23. The summed E-state index contributed by atoms with van der Waals surface area (Å²) < 4.78 is 0.984. The number of aromatic nitrogens is 2. The SMILES string of the molecule is Cc1nc(Cl)c2cc(Cl)cc(I)c2n1. The lowest BCUT2D eigenvalue weighted by Crippen LogP contribution is -1.92. The van der Waals surface area contributed by atoms with Crippen molar-refractivity contribution in [2.45, 2.75) is 6.92 Å². The maximum atomic E-state index is 5.99. The number of hydrogen-bond acceptors (Lipinski definition) is 2. The molecule has 0 bridgehead atoms. The molecule has 1 heterocycles. The molecule has 72 valence electrons. The van der Waals surface area contributed by atoms with Gasteiger partial charge in [0.05, 0.1) is 5.52 Å². The lowest BCUT2D eigenvalue weighted by molar-refractivity contribution is 1.09. The normalized spacial score (nSPS) is 10.9. The third kappa shape index (κ3) is 1.81. The summed E-state index contributed by atoms with van der Waals surface area (Å²) in [6, 6.07) is 3.63. The predicted octanol–water partition coefficient (Wildman–Crippen LogP) is 3.85. The summed E-state index contributed by atoms with van der Waals surface area (Å²) in [5.41, 5.74) is 0.854. The van der Waals surface area contributed by atoms with Crippen LogP contribution in [-0.2, 0) is 0 Å². The van der Waals surface area contributed by atoms with Gasteiger partial charge in [-0.3, -0.25) is 0 Å². The molecule has 0 atom stereocenters. The smallest absolute Gasteiger partial charge is 0.140 e. The van der Waals surface area contributed by atoms with Crippen LogP contribution in [0.5, 0.6) is 0 Å². The standard InChI is InChI=1S/C9H5Cl2IN2/c1-4-13-8-6(9(11)14-4)2-5(10)3-7(8)12/h2-3H,1H3. The van der Waals surface area contributed by atoms with Crippen LogP contribution < -0.4 is 0 Å². The fourth-order valence-corrected chi connectivity index (χ4v) is 2.64. The van der Waals surface area contributed by atoms with Crippen LogP contribution in [0.3, 0.4) is 0 Å². The van der Waals surface area contributed by atoms with Crippen LogP contribution in [0.1, 0.15) is 5.82 Å². The number of rotatable bonds is 0. The third-order valence-electron chi connectivity index (χ3n) is 1.78. The lowest BCUT2D eigenvalue weighted by Gasteiger charge is -2.03. The van der Waals surface area contributed by atoms with E-state index in [2.05, 4.69) is 32.6 Å². The molecule has 14 heavy (non-hydrogen) atoms. The molecule has 2 nitrogen and oxygen atoms in total. The maximum absolute atomic E-state index is 5.99. The van der Waals surface area contributed by atoms with E-state index in [1.807, 2.05) is 13.0 Å². The molecule has 2 aromatic rings. The van der Waals surface area contributed by atoms with Crippen molar-refractivity contribution in [3.8, 4) is 0 Å². The largest absolute Gasteiger partial charge is 0.232 e. The molecule has 0 spiro atoms. The van der Waals surface area contributed by atoms with Gasteiger partial charge in [0.15, 0.2) is 0 Å². The molecule has 0 saturated carbocycles. The number of benzene rings is 1. The van der Waals surface area contributed by atoms with Crippen molar-refractivity contribution < 1.29 is 0 Å². The number of fused-ring (bicyclic) bond motifs is 1. The van der Waals surface area contributed by atoms with Crippen molar-refractivity contribution in [1.29, 1.82) is 0 Å². The first-order valence-corrected chi connectivity index (χ1v) is 5.70. The van der Waals surface area contributed by atoms with E-state index in [0.29, 0.717) is 16.0 Å². The Labute approximate surface area is 105 Å². The topological polar surface area (TPSA) is 25.8 Å². The second-order valence-corrected chi connectivity index (χ2v) is 4.80. The van der Waals surface area contributed by atoms with Gasteiger partial charge >= 0.3 is 0 Å². The second kappa shape index (κ2) is 3.79. The first-order valence-electron chi connectivity index (χ1n) is 3.87. The summed E-state index contributed by atoms with van der Waals surface area (Å²) in [7, 11) is 0. The molecule has 0 unspecified atom stereocenters. The number of hydrogen-bond donors (Lipinski definition) is 0. The van der Waals surface area contributed by atoms with Gasteiger partial charge in [-0.1, -0.05) is 23.2 Å². The van der Waals surface area contributed by atoms with E-state index in [4.69, 9.17) is 23.2 Å². The summed E-state index contributed by atoms with van der Waals surface area (Å²) in [6.07, 6.45) is 0. The molecular weight excluding hydrogens is 334 g/mol. The summed E-state index contributed by atoms with van der Waals surface area (Å²) in [6.45, 7) is 1.82. The lowest BCUT2D eigenvalue weighted by atomic mass is 10.2. The second-order valence-electron chi connectivity index (χ2n) is 2.85. The van der Waals surface area contributed by atoms with E-state index in [1.54, 1.807) is 6.07 Å². The Balaban J connectivity index is 2.94. The van der Waals surface area contributed by atoms with Crippen LogP contribution in [-0.4, -0.2) is 9.97 Å². The summed E-state index contributed by atoms with van der Waals surface area (Å²) in [5.74, 6) is 0.669. The highest BCUT2D eigenvalue weighted by Gasteiger charge is 2.07. The van der Waals surface area contributed by atoms with Crippen LogP contribution in [0.15, 0.2) is 12.1 Å². The zero-order chi connectivity index (χ0) is 10.3. The first kappa shape index (κ1) is 10.4. The Morgan fingerprint density at radius 2 is 1.93 bits per heavy atom. The van der Waals surface area contributed by atoms with Gasteiger partial charge < -0.3 is 0 Å². The van der Waals surface area contributed by atoms with Crippen LogP contribution in [0.4, 0.5) is 0 Å². The van der Waals surface area contributed by atoms with Gasteiger partial charge in [0.2, 0.25) is 0 Å². The summed E-state index contributed by atoms with van der Waals surface area (Å²) in [4.78, 5) is 8.39. The molecule has 2 rings (SSSR count). The van der Waals surface area contributed by atoms with Gasteiger partial charge in [-0.05, 0) is 41.6 Å². The van der Waals surface area contributed by atoms with Crippen molar-refractivity contribution in [3.05, 3.63) is 31.7 Å². The minimum Gasteiger partial charge on any atom is -0.232 e. The van der Waals surface area contributed by atoms with Crippen LogP contribution in [0.25, 0.3) is 10.9 Å². The number of aryl methyl sites for hydroxylation is 1. The molecule has 0 aliphatic carbocycles. The molecular formula is C9H5Cl2IN2. The highest BCUT2D eigenvalue weighted by molar-refractivity contribution is 14.1. The van der Waals surface area contributed by atoms with Gasteiger partial charge in [0.1, 0.15) is 11.0 Å². The van der Waals surface area contributed by atoms with Gasteiger partial charge in [-0.25, -0.2) is 9.97 Å². The van der Waals surface area contributed by atoms with Crippen LogP contribution in [0, 0.1) is 10.5 Å². The molecule has 0 N–H and O–H groups in total. The molecule has 0 fully saturated rings. The predicted molar refractivity (Wildman–Crippen MR) is 67.0 cm³/mol. The first-order chi connectivity index (χ1) is 6.58. The molecule has 1 aromatic carbocycles. The maximum Gasteiger partial charge on any atom is 0.140 e. The van der Waals surface area contributed by atoms with Crippen molar-refractivity contribution in [2.75, 3.05) is 0 Å². The zero-order valence-electron chi connectivity index (χ0n) is 7.18. The monoisotopic (exact) mass is 338 g/mol. The van der Waals surface area contributed by atoms with Gasteiger partial charge in [-0.15, -0.1) is 0 Å². The quantitative estimate of drug-likeness (QED) is 0.538. The van der Waals surface area contributed by atoms with Gasteiger partial charge in [-0.2, -0.15) is 0 Å². The number of nitrogens with zero attached hydrogens (tertiary/aromatic N) is 2. The average molecular weight is 339 g/mol. The van der Waals surface area contributed by atoms with Crippen molar-refractivity contribution in [1.82, 2.24) is 9.97 Å². The molecule has 1 aromatic heterocycles. The van der Waals surface area contributed by atoms with E-state index >= 15 is 0 Å². The third-order valence-corrected chi connectivity index (χ3v) is 3.11. The molecule has 0 amide bonds. The van der Waals surface area contributed by atoms with E-state index in [1.165, 1.54) is 0 Å². The molecule has 0 aliphatic rings. The van der Waals surface area contributed by atoms with E-state index in [0.717, 1.165) is 14.5 Å². The molecule has 0 radical (unpaired) electrons. The Bertz CT molecular complexity index is 466. The van der Waals surface area contributed by atoms with Crippen molar-refractivity contribution in [2.24, 2.45) is 0 Å². The van der Waals surface area contributed by atoms with E-state index < -0.39 is 0 Å². The Kier molecular flexibility index (Phi) is 2.81. The molecule has 0 aliphatic heterocycles. The Morgan fingerprint density at radius 1 is 1.21 bits per heavy atom. The fraction of sp³-hybridized carbons (Fsp3) is 0.111. The summed E-state index contributed by atoms with van der Waals surface area (Å²) >= 11 is 14.1. The average Bonchev–Trinajstić information content (AvgIpc) is 2.07. The summed E-state index contributed by atoms with van der Waals surface area (Å²) in [5, 5.41) is 1.90. The minimum atomic E-state index is 0.452. The molecule has 5 heteroatoms. The van der Waals surface area contributed by atoms with Crippen molar-refractivity contribution in [3.63, 3.8) is 0 Å². The Morgan fingerprint density at radius 3 is 2.64 bits per heavy atom. The van der Waals surface area contributed by atoms with Crippen molar-refractivity contribution >= 4 is 56.7 Å². The zero-order valence-corrected chi connectivity index (χ0v) is 10.9. The number of halogens is 3. The van der Waals surface area contributed by atoms with Gasteiger partial charge in [0, 0.05) is 14.0 Å². The van der Waals surface area contributed by atoms with E-state index in [-0.39, 0.29) is 0 Å². The van der Waals surface area contributed by atoms with Crippen LogP contribution >= 0.6 is 45.8 Å². The molecule has 0 saturated heterocycles. The highest BCUT2D eigenvalue weighted by Crippen LogP contribution is 2.27. The minimum absolute atomic E-state index is 0.452. The van der Waals surface area contributed by atoms with E-state index in [9.17, 15) is 0 Å². The Hall–Kier alpha value is -0.130. The van der Waals surface area contributed by atoms with Crippen LogP contribution in [0.2, 0.25) is 10.2 Å².